The minimum atomic E-state index is -0.634. The topological polar surface area (TPSA) is 60.7 Å². The first-order valence-electron chi connectivity index (χ1n) is 6.76. The van der Waals surface area contributed by atoms with Gasteiger partial charge in [-0.15, -0.1) is 0 Å². The molecule has 1 aromatic heterocycles. The highest BCUT2D eigenvalue weighted by molar-refractivity contribution is 5.41. The highest BCUT2D eigenvalue weighted by Gasteiger charge is 2.10. The zero-order valence-electron chi connectivity index (χ0n) is 12.2. The van der Waals surface area contributed by atoms with Crippen LogP contribution in [0.15, 0.2) is 47.4 Å². The molecule has 0 aliphatic carbocycles. The molecule has 0 bridgehead atoms. The third-order valence-electron chi connectivity index (χ3n) is 3.16. The minimum absolute atomic E-state index is 0.0671. The Kier molecular flexibility index (Phi) is 5.00. The number of pyridine rings is 1. The summed E-state index contributed by atoms with van der Waals surface area (Å²) in [5.41, 5.74) is 0.624. The van der Waals surface area contributed by atoms with Crippen molar-refractivity contribution < 1.29 is 14.6 Å². The lowest BCUT2D eigenvalue weighted by Crippen LogP contribution is -2.21. The van der Waals surface area contributed by atoms with E-state index in [1.165, 1.54) is 6.07 Å². The fourth-order valence-electron chi connectivity index (χ4n) is 2.01. The smallest absolute Gasteiger partial charge is 0.250 e. The van der Waals surface area contributed by atoms with Gasteiger partial charge >= 0.3 is 0 Å². The Morgan fingerprint density at radius 1 is 1.29 bits per heavy atom. The summed E-state index contributed by atoms with van der Waals surface area (Å²) >= 11 is 0. The lowest BCUT2D eigenvalue weighted by Gasteiger charge is -2.15. The normalized spacial score (nSPS) is 12.0. The summed E-state index contributed by atoms with van der Waals surface area (Å²) in [5.74, 6) is 1.22. The third-order valence-corrected chi connectivity index (χ3v) is 3.16. The Labute approximate surface area is 123 Å². The van der Waals surface area contributed by atoms with Gasteiger partial charge in [0.2, 0.25) is 0 Å². The Hall–Kier alpha value is -2.27. The van der Waals surface area contributed by atoms with Crippen LogP contribution in [0.5, 0.6) is 11.5 Å². The van der Waals surface area contributed by atoms with Gasteiger partial charge in [-0.25, -0.2) is 0 Å². The molecule has 5 nitrogen and oxygen atoms in total. The Morgan fingerprint density at radius 2 is 2.10 bits per heavy atom. The van der Waals surface area contributed by atoms with Crippen LogP contribution in [0.2, 0.25) is 0 Å². The SMILES string of the molecule is COc1ccc(C(C)O)c(OCCn2ccccc2=O)c1. The maximum Gasteiger partial charge on any atom is 0.250 e. The molecule has 112 valence electrons. The largest absolute Gasteiger partial charge is 0.497 e. The van der Waals surface area contributed by atoms with Crippen molar-refractivity contribution in [3.63, 3.8) is 0 Å². The predicted octanol–water partition coefficient (Wildman–Crippen LogP) is 1.99. The second-order valence-corrected chi connectivity index (χ2v) is 4.66. The van der Waals surface area contributed by atoms with Gasteiger partial charge in [-0.1, -0.05) is 6.07 Å². The first-order valence-corrected chi connectivity index (χ1v) is 6.76. The average molecular weight is 289 g/mol. The van der Waals surface area contributed by atoms with Gasteiger partial charge in [-0.3, -0.25) is 4.79 Å². The molecular weight excluding hydrogens is 270 g/mol. The summed E-state index contributed by atoms with van der Waals surface area (Å²) in [6, 6.07) is 10.3. The van der Waals surface area contributed by atoms with Gasteiger partial charge in [0, 0.05) is 23.9 Å². The summed E-state index contributed by atoms with van der Waals surface area (Å²) < 4.78 is 12.4. The van der Waals surface area contributed by atoms with Crippen molar-refractivity contribution in [1.29, 1.82) is 0 Å². The van der Waals surface area contributed by atoms with Gasteiger partial charge in [0.15, 0.2) is 0 Å². The molecule has 0 saturated heterocycles. The first-order chi connectivity index (χ1) is 10.1. The average Bonchev–Trinajstić information content (AvgIpc) is 2.48. The molecule has 1 atom stereocenters. The van der Waals surface area contributed by atoms with Crippen LogP contribution in [0.3, 0.4) is 0 Å². The molecule has 1 heterocycles. The van der Waals surface area contributed by atoms with Gasteiger partial charge in [0.25, 0.3) is 5.56 Å². The van der Waals surface area contributed by atoms with Gasteiger partial charge in [0.1, 0.15) is 18.1 Å². The molecule has 0 aliphatic rings. The van der Waals surface area contributed by atoms with Crippen molar-refractivity contribution in [2.45, 2.75) is 19.6 Å². The molecule has 5 heteroatoms. The van der Waals surface area contributed by atoms with Crippen LogP contribution in [0.1, 0.15) is 18.6 Å². The fourth-order valence-corrected chi connectivity index (χ4v) is 2.01. The molecule has 0 radical (unpaired) electrons. The van der Waals surface area contributed by atoms with E-state index in [0.717, 1.165) is 0 Å². The van der Waals surface area contributed by atoms with Crippen molar-refractivity contribution >= 4 is 0 Å². The van der Waals surface area contributed by atoms with Crippen molar-refractivity contribution in [3.8, 4) is 11.5 Å². The number of methoxy groups -OCH3 is 1. The maximum atomic E-state index is 11.6. The fraction of sp³-hybridized carbons (Fsp3) is 0.312. The number of hydrogen-bond acceptors (Lipinski definition) is 4. The summed E-state index contributed by atoms with van der Waals surface area (Å²) in [4.78, 5) is 11.6. The minimum Gasteiger partial charge on any atom is -0.497 e. The molecule has 1 aromatic carbocycles. The van der Waals surface area contributed by atoms with Gasteiger partial charge in [-0.2, -0.15) is 0 Å². The molecule has 0 saturated carbocycles. The lowest BCUT2D eigenvalue weighted by atomic mass is 10.1. The van der Waals surface area contributed by atoms with E-state index in [2.05, 4.69) is 0 Å². The number of ether oxygens (including phenoxy) is 2. The summed E-state index contributed by atoms with van der Waals surface area (Å²) in [6.45, 7) is 2.45. The zero-order valence-corrected chi connectivity index (χ0v) is 12.2. The number of aliphatic hydroxyl groups is 1. The van der Waals surface area contributed by atoms with Crippen LogP contribution in [0.4, 0.5) is 0 Å². The number of aliphatic hydroxyl groups excluding tert-OH is 1. The molecule has 2 aromatic rings. The van der Waals surface area contributed by atoms with Crippen molar-refractivity contribution in [1.82, 2.24) is 4.57 Å². The Bertz CT molecular complexity index is 649. The van der Waals surface area contributed by atoms with E-state index in [0.29, 0.717) is 30.2 Å². The zero-order chi connectivity index (χ0) is 15.2. The number of benzene rings is 1. The van der Waals surface area contributed by atoms with E-state index in [4.69, 9.17) is 9.47 Å². The molecule has 2 rings (SSSR count). The predicted molar refractivity (Wildman–Crippen MR) is 79.8 cm³/mol. The van der Waals surface area contributed by atoms with Crippen molar-refractivity contribution in [2.75, 3.05) is 13.7 Å². The number of aromatic nitrogens is 1. The van der Waals surface area contributed by atoms with Crippen LogP contribution in [0.25, 0.3) is 0 Å². The highest BCUT2D eigenvalue weighted by Crippen LogP contribution is 2.29. The second kappa shape index (κ2) is 6.95. The van der Waals surface area contributed by atoms with Gasteiger partial charge in [0.05, 0.1) is 19.8 Å². The van der Waals surface area contributed by atoms with E-state index in [9.17, 15) is 9.90 Å². The maximum absolute atomic E-state index is 11.6. The second-order valence-electron chi connectivity index (χ2n) is 4.66. The first kappa shape index (κ1) is 15.1. The Balaban J connectivity index is 2.08. The van der Waals surface area contributed by atoms with E-state index < -0.39 is 6.10 Å². The molecule has 0 fully saturated rings. The van der Waals surface area contributed by atoms with Crippen LogP contribution >= 0.6 is 0 Å². The summed E-state index contributed by atoms with van der Waals surface area (Å²) in [6.07, 6.45) is 1.08. The molecule has 0 amide bonds. The molecular formula is C16H19NO4. The lowest BCUT2D eigenvalue weighted by molar-refractivity contribution is 0.190. The van der Waals surface area contributed by atoms with E-state index >= 15 is 0 Å². The quantitative estimate of drug-likeness (QED) is 0.883. The number of rotatable bonds is 6. The standard InChI is InChI=1S/C16H19NO4/c1-12(18)14-7-6-13(20-2)11-15(14)21-10-9-17-8-4-3-5-16(17)19/h3-8,11-12,18H,9-10H2,1-2H3. The van der Waals surface area contributed by atoms with Crippen molar-refractivity contribution in [2.24, 2.45) is 0 Å². The van der Waals surface area contributed by atoms with Crippen LogP contribution < -0.4 is 15.0 Å². The van der Waals surface area contributed by atoms with Gasteiger partial charge < -0.3 is 19.1 Å². The summed E-state index contributed by atoms with van der Waals surface area (Å²) in [5, 5.41) is 9.75. The van der Waals surface area contributed by atoms with Crippen molar-refractivity contribution in [3.05, 3.63) is 58.5 Å². The number of hydrogen-bond donors (Lipinski definition) is 1. The third kappa shape index (κ3) is 3.86. The van der Waals surface area contributed by atoms with E-state index in [1.54, 1.807) is 55.1 Å². The summed E-state index contributed by atoms with van der Waals surface area (Å²) in [7, 11) is 1.57. The van der Waals surface area contributed by atoms with E-state index in [-0.39, 0.29) is 5.56 Å². The highest BCUT2D eigenvalue weighted by atomic mass is 16.5. The molecule has 1 unspecified atom stereocenters. The van der Waals surface area contributed by atoms with Gasteiger partial charge in [-0.05, 0) is 25.1 Å². The molecule has 0 spiro atoms. The molecule has 1 N–H and O–H groups in total. The van der Waals surface area contributed by atoms with Crippen LogP contribution in [-0.4, -0.2) is 23.4 Å². The molecule has 0 aliphatic heterocycles. The number of nitrogens with zero attached hydrogens (tertiary/aromatic N) is 1. The monoisotopic (exact) mass is 289 g/mol. The Morgan fingerprint density at radius 3 is 2.76 bits per heavy atom. The van der Waals surface area contributed by atoms with Crippen LogP contribution in [0, 0.1) is 0 Å². The molecule has 21 heavy (non-hydrogen) atoms. The van der Waals surface area contributed by atoms with E-state index in [1.807, 2.05) is 0 Å². The van der Waals surface area contributed by atoms with Crippen LogP contribution in [-0.2, 0) is 6.54 Å².